The molecule has 1 unspecified atom stereocenters. The van der Waals surface area contributed by atoms with Gasteiger partial charge in [0.25, 0.3) is 0 Å². The van der Waals surface area contributed by atoms with Gasteiger partial charge in [-0.3, -0.25) is 9.58 Å². The lowest BCUT2D eigenvalue weighted by Crippen LogP contribution is -2.45. The van der Waals surface area contributed by atoms with E-state index in [0.29, 0.717) is 6.54 Å². The van der Waals surface area contributed by atoms with Crippen molar-refractivity contribution in [2.75, 3.05) is 26.2 Å². The lowest BCUT2D eigenvalue weighted by Gasteiger charge is -2.32. The van der Waals surface area contributed by atoms with E-state index in [-0.39, 0.29) is 11.5 Å². The van der Waals surface area contributed by atoms with Crippen molar-refractivity contribution < 1.29 is 4.74 Å². The summed E-state index contributed by atoms with van der Waals surface area (Å²) in [6.07, 6.45) is 2.30. The molecular formula is C14H26N4O. The zero-order chi connectivity index (χ0) is 14.0. The smallest absolute Gasteiger partial charge is 0.0824 e. The van der Waals surface area contributed by atoms with Crippen molar-refractivity contribution in [2.24, 2.45) is 12.8 Å². The van der Waals surface area contributed by atoms with E-state index in [9.17, 15) is 0 Å². The fraction of sp³-hybridized carbons (Fsp3) is 0.786. The largest absolute Gasteiger partial charge is 0.374 e. The van der Waals surface area contributed by atoms with E-state index in [0.717, 1.165) is 26.2 Å². The molecule has 0 radical (unpaired) electrons. The lowest BCUT2D eigenvalue weighted by atomic mass is 9.89. The SMILES string of the molecule is Cn1cc(CN2CCOC(CN)C2)c(C(C)(C)C)n1. The standard InChI is InChI=1S/C14H26N4O/c1-14(2,3)13-11(8-17(4)16-13)9-18-5-6-19-12(7-15)10-18/h8,12H,5-7,9-10,15H2,1-4H3. The van der Waals surface area contributed by atoms with Gasteiger partial charge in [0.1, 0.15) is 0 Å². The maximum absolute atomic E-state index is 5.69. The minimum Gasteiger partial charge on any atom is -0.374 e. The molecule has 0 saturated carbocycles. The third-order valence-corrected chi connectivity index (χ3v) is 3.49. The highest BCUT2D eigenvalue weighted by Crippen LogP contribution is 2.25. The van der Waals surface area contributed by atoms with Crippen LogP contribution in [0.2, 0.25) is 0 Å². The van der Waals surface area contributed by atoms with Crippen molar-refractivity contribution in [1.29, 1.82) is 0 Å². The Hall–Kier alpha value is -0.910. The van der Waals surface area contributed by atoms with Crippen LogP contribution in [0.4, 0.5) is 0 Å². The van der Waals surface area contributed by atoms with Crippen LogP contribution in [-0.4, -0.2) is 47.0 Å². The van der Waals surface area contributed by atoms with Crippen LogP contribution in [0.3, 0.4) is 0 Å². The molecule has 5 heteroatoms. The van der Waals surface area contributed by atoms with Gasteiger partial charge in [0.2, 0.25) is 0 Å². The first-order chi connectivity index (χ1) is 8.90. The summed E-state index contributed by atoms with van der Waals surface area (Å²) in [7, 11) is 1.99. The molecule has 0 amide bonds. The van der Waals surface area contributed by atoms with Crippen LogP contribution in [0.25, 0.3) is 0 Å². The summed E-state index contributed by atoms with van der Waals surface area (Å²) in [6.45, 7) is 10.8. The number of hydrogen-bond acceptors (Lipinski definition) is 4. The molecular weight excluding hydrogens is 240 g/mol. The van der Waals surface area contributed by atoms with Gasteiger partial charge in [-0.05, 0) is 0 Å². The highest BCUT2D eigenvalue weighted by molar-refractivity contribution is 5.24. The van der Waals surface area contributed by atoms with Crippen LogP contribution in [0.1, 0.15) is 32.0 Å². The first-order valence-electron chi connectivity index (χ1n) is 6.97. The van der Waals surface area contributed by atoms with Crippen molar-refractivity contribution >= 4 is 0 Å². The average Bonchev–Trinajstić information content (AvgIpc) is 2.70. The Morgan fingerprint density at radius 1 is 1.47 bits per heavy atom. The Kier molecular flexibility index (Phi) is 4.28. The minimum atomic E-state index is 0.0795. The first kappa shape index (κ1) is 14.5. The summed E-state index contributed by atoms with van der Waals surface area (Å²) < 4.78 is 7.52. The summed E-state index contributed by atoms with van der Waals surface area (Å²) in [6, 6.07) is 0. The van der Waals surface area contributed by atoms with Gasteiger partial charge >= 0.3 is 0 Å². The molecule has 0 bridgehead atoms. The number of morpholine rings is 1. The fourth-order valence-corrected chi connectivity index (χ4v) is 2.59. The highest BCUT2D eigenvalue weighted by Gasteiger charge is 2.25. The molecule has 2 rings (SSSR count). The predicted octanol–water partition coefficient (Wildman–Crippen LogP) is 0.877. The van der Waals surface area contributed by atoms with Gasteiger partial charge in [-0.15, -0.1) is 0 Å². The van der Waals surface area contributed by atoms with Gasteiger partial charge in [0.05, 0.1) is 18.4 Å². The minimum absolute atomic E-state index is 0.0795. The normalized spacial score (nSPS) is 21.8. The van der Waals surface area contributed by atoms with Crippen molar-refractivity contribution in [2.45, 2.75) is 38.8 Å². The summed E-state index contributed by atoms with van der Waals surface area (Å²) >= 11 is 0. The molecule has 1 aromatic heterocycles. The summed E-state index contributed by atoms with van der Waals surface area (Å²) in [4.78, 5) is 2.41. The Balaban J connectivity index is 2.10. The number of hydrogen-bond donors (Lipinski definition) is 1. The van der Waals surface area contributed by atoms with Crippen molar-refractivity contribution in [3.05, 3.63) is 17.5 Å². The van der Waals surface area contributed by atoms with Crippen LogP contribution in [0.5, 0.6) is 0 Å². The zero-order valence-corrected chi connectivity index (χ0v) is 12.5. The molecule has 108 valence electrons. The van der Waals surface area contributed by atoms with Crippen molar-refractivity contribution in [1.82, 2.24) is 14.7 Å². The van der Waals surface area contributed by atoms with Crippen LogP contribution in [-0.2, 0) is 23.7 Å². The number of rotatable bonds is 3. The third kappa shape index (κ3) is 3.55. The van der Waals surface area contributed by atoms with E-state index in [1.165, 1.54) is 11.3 Å². The monoisotopic (exact) mass is 266 g/mol. The second kappa shape index (κ2) is 5.61. The Labute approximate surface area is 115 Å². The Morgan fingerprint density at radius 2 is 2.21 bits per heavy atom. The van der Waals surface area contributed by atoms with E-state index in [2.05, 4.69) is 37.0 Å². The van der Waals surface area contributed by atoms with E-state index in [4.69, 9.17) is 10.5 Å². The van der Waals surface area contributed by atoms with Crippen LogP contribution >= 0.6 is 0 Å². The molecule has 5 nitrogen and oxygen atoms in total. The molecule has 2 heterocycles. The Bertz CT molecular complexity index is 422. The second-order valence-electron chi connectivity index (χ2n) is 6.39. The average molecular weight is 266 g/mol. The molecule has 1 saturated heterocycles. The molecule has 1 aliphatic rings. The molecule has 19 heavy (non-hydrogen) atoms. The van der Waals surface area contributed by atoms with Crippen LogP contribution in [0, 0.1) is 0 Å². The predicted molar refractivity (Wildman–Crippen MR) is 76.0 cm³/mol. The van der Waals surface area contributed by atoms with Gasteiger partial charge in [0, 0.05) is 50.4 Å². The van der Waals surface area contributed by atoms with Gasteiger partial charge in [0.15, 0.2) is 0 Å². The quantitative estimate of drug-likeness (QED) is 0.882. The lowest BCUT2D eigenvalue weighted by molar-refractivity contribution is -0.0261. The van der Waals surface area contributed by atoms with Crippen molar-refractivity contribution in [3.63, 3.8) is 0 Å². The van der Waals surface area contributed by atoms with E-state index in [1.807, 2.05) is 11.7 Å². The molecule has 1 aliphatic heterocycles. The van der Waals surface area contributed by atoms with E-state index in [1.54, 1.807) is 0 Å². The van der Waals surface area contributed by atoms with Crippen LogP contribution in [0.15, 0.2) is 6.20 Å². The highest BCUT2D eigenvalue weighted by atomic mass is 16.5. The topological polar surface area (TPSA) is 56.3 Å². The maximum atomic E-state index is 5.69. The second-order valence-corrected chi connectivity index (χ2v) is 6.39. The molecule has 0 aromatic carbocycles. The van der Waals surface area contributed by atoms with Gasteiger partial charge in [-0.1, -0.05) is 20.8 Å². The number of ether oxygens (including phenoxy) is 1. The Morgan fingerprint density at radius 3 is 2.84 bits per heavy atom. The third-order valence-electron chi connectivity index (χ3n) is 3.49. The molecule has 1 fully saturated rings. The van der Waals surface area contributed by atoms with Crippen LogP contribution < -0.4 is 5.73 Å². The number of aryl methyl sites for hydroxylation is 1. The molecule has 0 aliphatic carbocycles. The number of aromatic nitrogens is 2. The summed E-state index contributed by atoms with van der Waals surface area (Å²) in [5.41, 5.74) is 8.27. The molecule has 0 spiro atoms. The maximum Gasteiger partial charge on any atom is 0.0824 e. The molecule has 1 atom stereocenters. The van der Waals surface area contributed by atoms with Crippen molar-refractivity contribution in [3.8, 4) is 0 Å². The summed E-state index contributed by atoms with van der Waals surface area (Å²) in [5, 5.41) is 4.62. The van der Waals surface area contributed by atoms with Gasteiger partial charge in [-0.2, -0.15) is 5.10 Å². The van der Waals surface area contributed by atoms with Gasteiger partial charge < -0.3 is 10.5 Å². The molecule has 1 aromatic rings. The number of nitrogens with zero attached hydrogens (tertiary/aromatic N) is 3. The fourth-order valence-electron chi connectivity index (χ4n) is 2.59. The number of nitrogens with two attached hydrogens (primary N) is 1. The summed E-state index contributed by atoms with van der Waals surface area (Å²) in [5.74, 6) is 0. The van der Waals surface area contributed by atoms with E-state index < -0.39 is 0 Å². The first-order valence-corrected chi connectivity index (χ1v) is 6.97. The van der Waals surface area contributed by atoms with Gasteiger partial charge in [-0.25, -0.2) is 0 Å². The van der Waals surface area contributed by atoms with E-state index >= 15 is 0 Å². The molecule has 2 N–H and O–H groups in total. The zero-order valence-electron chi connectivity index (χ0n) is 12.5.